The zero-order valence-electron chi connectivity index (χ0n) is 19.4. The molecule has 3 heterocycles. The second-order valence-electron chi connectivity index (χ2n) is 9.10. The fraction of sp³-hybridized carbons (Fsp3) is 0.241. The lowest BCUT2D eigenvalue weighted by Crippen LogP contribution is -2.24. The van der Waals surface area contributed by atoms with Crippen molar-refractivity contribution in [2.24, 2.45) is 10.2 Å². The normalized spacial score (nSPS) is 15.9. The van der Waals surface area contributed by atoms with Gasteiger partial charge in [-0.1, -0.05) is 36.4 Å². The first kappa shape index (κ1) is 20.7. The first-order valence-corrected chi connectivity index (χ1v) is 12.1. The number of furan rings is 1. The Labute approximate surface area is 200 Å². The van der Waals surface area contributed by atoms with Gasteiger partial charge in [0.25, 0.3) is 0 Å². The van der Waals surface area contributed by atoms with Gasteiger partial charge in [0.15, 0.2) is 0 Å². The van der Waals surface area contributed by atoms with E-state index in [0.29, 0.717) is 0 Å². The number of para-hydroxylation sites is 2. The van der Waals surface area contributed by atoms with Gasteiger partial charge in [-0.05, 0) is 79.6 Å². The molecule has 5 nitrogen and oxygen atoms in total. The highest BCUT2D eigenvalue weighted by atomic mass is 16.3. The van der Waals surface area contributed by atoms with Crippen molar-refractivity contribution in [2.45, 2.75) is 32.6 Å². The van der Waals surface area contributed by atoms with Gasteiger partial charge in [0.2, 0.25) is 0 Å². The number of benzene rings is 3. The van der Waals surface area contributed by atoms with Crippen molar-refractivity contribution in [1.82, 2.24) is 0 Å². The first-order valence-electron chi connectivity index (χ1n) is 12.1. The molecule has 2 aliphatic rings. The number of anilines is 2. The van der Waals surface area contributed by atoms with Gasteiger partial charge in [0.05, 0.1) is 23.8 Å². The van der Waals surface area contributed by atoms with Gasteiger partial charge in [-0.3, -0.25) is 10.0 Å². The Hall–Kier alpha value is -3.86. The molecule has 34 heavy (non-hydrogen) atoms. The fourth-order valence-corrected chi connectivity index (χ4v) is 4.97. The molecule has 0 fully saturated rings. The highest BCUT2D eigenvalue weighted by Gasteiger charge is 2.16. The zero-order valence-corrected chi connectivity index (χ0v) is 19.4. The van der Waals surface area contributed by atoms with Crippen molar-refractivity contribution in [3.8, 4) is 0 Å². The molecule has 3 aromatic carbocycles. The second-order valence-corrected chi connectivity index (χ2v) is 9.10. The molecule has 1 aromatic heterocycles. The number of aryl methyl sites for hydroxylation is 3. The molecule has 170 valence electrons. The molecule has 0 saturated carbocycles. The minimum Gasteiger partial charge on any atom is -0.455 e. The van der Waals surface area contributed by atoms with Gasteiger partial charge in [0, 0.05) is 24.0 Å². The largest absolute Gasteiger partial charge is 0.455 e. The van der Waals surface area contributed by atoms with Crippen LogP contribution < -0.4 is 10.0 Å². The van der Waals surface area contributed by atoms with E-state index in [1.807, 2.05) is 12.4 Å². The van der Waals surface area contributed by atoms with Gasteiger partial charge in [0.1, 0.15) is 11.3 Å². The fourth-order valence-electron chi connectivity index (χ4n) is 4.97. The molecule has 6 rings (SSSR count). The van der Waals surface area contributed by atoms with E-state index in [2.05, 4.69) is 83.7 Å². The van der Waals surface area contributed by atoms with Crippen LogP contribution in [0.15, 0.2) is 81.4 Å². The van der Waals surface area contributed by atoms with E-state index in [-0.39, 0.29) is 0 Å². The summed E-state index contributed by atoms with van der Waals surface area (Å²) in [7, 11) is 0. The summed E-state index contributed by atoms with van der Waals surface area (Å²) in [6.07, 6.45) is 8.24. The third-order valence-corrected chi connectivity index (χ3v) is 6.76. The molecule has 0 saturated heterocycles. The summed E-state index contributed by atoms with van der Waals surface area (Å²) in [6, 6.07) is 23.3. The monoisotopic (exact) mass is 448 g/mol. The number of fused-ring (bicyclic) bond motifs is 3. The third kappa shape index (κ3) is 3.98. The van der Waals surface area contributed by atoms with Gasteiger partial charge < -0.3 is 4.42 Å². The van der Waals surface area contributed by atoms with Crippen LogP contribution in [-0.4, -0.2) is 25.5 Å². The Bertz CT molecular complexity index is 1400. The molecular formula is C29H28N4O. The Morgan fingerprint density at radius 1 is 0.765 bits per heavy atom. The maximum absolute atomic E-state index is 6.14. The van der Waals surface area contributed by atoms with Gasteiger partial charge >= 0.3 is 0 Å². The minimum absolute atomic E-state index is 0.761. The van der Waals surface area contributed by atoms with Crippen LogP contribution in [0, 0.1) is 6.92 Å². The summed E-state index contributed by atoms with van der Waals surface area (Å²) in [5.41, 5.74) is 8.21. The molecule has 4 aromatic rings. The van der Waals surface area contributed by atoms with E-state index in [9.17, 15) is 0 Å². The molecule has 0 spiro atoms. The third-order valence-electron chi connectivity index (χ3n) is 6.76. The maximum Gasteiger partial charge on any atom is 0.148 e. The number of hydrazone groups is 2. The lowest BCUT2D eigenvalue weighted by Gasteiger charge is -2.26. The second kappa shape index (κ2) is 8.82. The molecular weight excluding hydrogens is 420 g/mol. The van der Waals surface area contributed by atoms with Crippen molar-refractivity contribution >= 4 is 34.8 Å². The van der Waals surface area contributed by atoms with Crippen LogP contribution in [0.25, 0.3) is 11.0 Å². The molecule has 0 atom stereocenters. The molecule has 5 heteroatoms. The Morgan fingerprint density at radius 2 is 1.38 bits per heavy atom. The topological polar surface area (TPSA) is 44.3 Å². The molecule has 0 N–H and O–H groups in total. The van der Waals surface area contributed by atoms with Crippen LogP contribution in [0.3, 0.4) is 0 Å². The average molecular weight is 449 g/mol. The number of hydrogen-bond donors (Lipinski definition) is 0. The van der Waals surface area contributed by atoms with Crippen molar-refractivity contribution in [3.05, 3.63) is 94.7 Å². The first-order chi connectivity index (χ1) is 16.7. The van der Waals surface area contributed by atoms with Crippen molar-refractivity contribution < 1.29 is 4.42 Å². The van der Waals surface area contributed by atoms with Crippen molar-refractivity contribution in [2.75, 3.05) is 23.1 Å². The summed E-state index contributed by atoms with van der Waals surface area (Å²) in [5, 5.41) is 14.8. The van der Waals surface area contributed by atoms with E-state index >= 15 is 0 Å². The maximum atomic E-state index is 6.14. The summed E-state index contributed by atoms with van der Waals surface area (Å²) in [4.78, 5) is 0. The molecule has 0 bridgehead atoms. The van der Waals surface area contributed by atoms with Gasteiger partial charge in [-0.2, -0.15) is 10.2 Å². The van der Waals surface area contributed by atoms with Gasteiger partial charge in [-0.25, -0.2) is 0 Å². The van der Waals surface area contributed by atoms with Crippen LogP contribution in [-0.2, 0) is 12.8 Å². The number of hydrogen-bond acceptors (Lipinski definition) is 5. The summed E-state index contributed by atoms with van der Waals surface area (Å²) >= 11 is 0. The standard InChI is InChI=1S/C29H28N4O/c1-21-16-24-17-26(20-31-33-15-7-11-23-9-3-5-13-28(23)33)34-29(24)18-25(21)19-30-32-14-6-10-22-8-2-4-12-27(22)32/h2-5,8-9,12-13,16-20H,6-7,10-11,14-15H2,1H3. The molecule has 0 amide bonds. The van der Waals surface area contributed by atoms with E-state index in [1.54, 1.807) is 0 Å². The Kier molecular flexibility index (Phi) is 5.38. The highest BCUT2D eigenvalue weighted by molar-refractivity contribution is 5.93. The number of rotatable bonds is 4. The van der Waals surface area contributed by atoms with Crippen LogP contribution in [0.5, 0.6) is 0 Å². The number of nitrogens with zero attached hydrogens (tertiary/aromatic N) is 4. The quantitative estimate of drug-likeness (QED) is 0.343. The van der Waals surface area contributed by atoms with Crippen LogP contribution in [0.1, 0.15) is 40.9 Å². The smallest absolute Gasteiger partial charge is 0.148 e. The van der Waals surface area contributed by atoms with E-state index in [4.69, 9.17) is 14.6 Å². The predicted octanol–water partition coefficient (Wildman–Crippen LogP) is 6.31. The molecule has 0 aliphatic carbocycles. The van der Waals surface area contributed by atoms with Gasteiger partial charge in [-0.15, -0.1) is 0 Å². The predicted molar refractivity (Wildman–Crippen MR) is 140 cm³/mol. The van der Waals surface area contributed by atoms with Crippen molar-refractivity contribution in [3.63, 3.8) is 0 Å². The van der Waals surface area contributed by atoms with E-state index in [0.717, 1.165) is 61.1 Å². The summed E-state index contributed by atoms with van der Waals surface area (Å²) < 4.78 is 6.14. The van der Waals surface area contributed by atoms with E-state index in [1.165, 1.54) is 28.1 Å². The molecule has 0 radical (unpaired) electrons. The van der Waals surface area contributed by atoms with Crippen LogP contribution >= 0.6 is 0 Å². The van der Waals surface area contributed by atoms with Crippen molar-refractivity contribution in [1.29, 1.82) is 0 Å². The Balaban J connectivity index is 1.24. The van der Waals surface area contributed by atoms with E-state index < -0.39 is 0 Å². The van der Waals surface area contributed by atoms with Crippen LogP contribution in [0.4, 0.5) is 11.4 Å². The lowest BCUT2D eigenvalue weighted by atomic mass is 10.0. The summed E-state index contributed by atoms with van der Waals surface area (Å²) in [5.74, 6) is 0.761. The highest BCUT2D eigenvalue weighted by Crippen LogP contribution is 2.29. The van der Waals surface area contributed by atoms with Crippen LogP contribution in [0.2, 0.25) is 0 Å². The Morgan fingerprint density at radius 3 is 2.06 bits per heavy atom. The lowest BCUT2D eigenvalue weighted by molar-refractivity contribution is 0.606. The molecule has 0 unspecified atom stereocenters. The zero-order chi connectivity index (χ0) is 22.9. The SMILES string of the molecule is Cc1cc2cc(C=NN3CCCc4ccccc43)oc2cc1C=NN1CCCc2ccccc21. The minimum atomic E-state index is 0.761. The average Bonchev–Trinajstić information content (AvgIpc) is 3.27. The summed E-state index contributed by atoms with van der Waals surface area (Å²) in [6.45, 7) is 3.99. The molecule has 2 aliphatic heterocycles.